The second-order valence-corrected chi connectivity index (χ2v) is 2.96. The van der Waals surface area contributed by atoms with E-state index in [1.54, 1.807) is 6.20 Å². The van der Waals surface area contributed by atoms with E-state index in [4.69, 9.17) is 5.73 Å². The molecule has 1 aromatic heterocycles. The standard InChI is InChI=1S/C10H11N3/c11-10-12-7-9(13-10)6-8-4-2-1-3-5-8/h1-5,7H,6H2,(H3,11,12,13). The third kappa shape index (κ3) is 1.87. The molecule has 0 aliphatic rings. The number of anilines is 1. The zero-order valence-electron chi connectivity index (χ0n) is 7.20. The number of rotatable bonds is 2. The maximum Gasteiger partial charge on any atom is 0.197 e. The molecule has 0 saturated carbocycles. The van der Waals surface area contributed by atoms with Gasteiger partial charge in [0.1, 0.15) is 0 Å². The topological polar surface area (TPSA) is 54.7 Å². The Morgan fingerprint density at radius 1 is 1.23 bits per heavy atom. The van der Waals surface area contributed by atoms with Crippen LogP contribution in [-0.4, -0.2) is 9.97 Å². The van der Waals surface area contributed by atoms with E-state index in [1.807, 2.05) is 18.2 Å². The quantitative estimate of drug-likeness (QED) is 0.724. The molecule has 0 spiro atoms. The summed E-state index contributed by atoms with van der Waals surface area (Å²) >= 11 is 0. The summed E-state index contributed by atoms with van der Waals surface area (Å²) in [5.41, 5.74) is 7.77. The van der Waals surface area contributed by atoms with Crippen molar-refractivity contribution in [1.82, 2.24) is 9.97 Å². The number of nitrogens with one attached hydrogen (secondary N) is 1. The smallest absolute Gasteiger partial charge is 0.197 e. The summed E-state index contributed by atoms with van der Waals surface area (Å²) in [6.07, 6.45) is 2.62. The van der Waals surface area contributed by atoms with Gasteiger partial charge in [-0.1, -0.05) is 30.3 Å². The maximum absolute atomic E-state index is 5.47. The van der Waals surface area contributed by atoms with Crippen LogP contribution in [0.3, 0.4) is 0 Å². The van der Waals surface area contributed by atoms with Crippen LogP contribution in [0, 0.1) is 0 Å². The molecule has 0 bridgehead atoms. The van der Waals surface area contributed by atoms with Crippen LogP contribution in [0.1, 0.15) is 11.3 Å². The number of nitrogen functional groups attached to an aromatic ring is 1. The monoisotopic (exact) mass is 173 g/mol. The van der Waals surface area contributed by atoms with Gasteiger partial charge in [0.15, 0.2) is 5.95 Å². The fraction of sp³-hybridized carbons (Fsp3) is 0.100. The predicted octanol–water partition coefficient (Wildman–Crippen LogP) is 1.58. The summed E-state index contributed by atoms with van der Waals surface area (Å²) in [7, 11) is 0. The largest absolute Gasteiger partial charge is 0.369 e. The highest BCUT2D eigenvalue weighted by Crippen LogP contribution is 2.07. The summed E-state index contributed by atoms with van der Waals surface area (Å²) in [6, 6.07) is 10.2. The Hall–Kier alpha value is -1.77. The molecular weight excluding hydrogens is 162 g/mol. The number of aromatic nitrogens is 2. The molecule has 0 saturated heterocycles. The SMILES string of the molecule is Nc1ncc(Cc2ccccc2)[nH]1. The Morgan fingerprint density at radius 2 is 2.00 bits per heavy atom. The number of imidazole rings is 1. The highest BCUT2D eigenvalue weighted by atomic mass is 15.0. The lowest BCUT2D eigenvalue weighted by Crippen LogP contribution is -1.89. The maximum atomic E-state index is 5.47. The fourth-order valence-electron chi connectivity index (χ4n) is 1.28. The molecule has 3 heteroatoms. The Balaban J connectivity index is 2.15. The number of nitrogens with two attached hydrogens (primary N) is 1. The first-order chi connectivity index (χ1) is 6.34. The highest BCUT2D eigenvalue weighted by molar-refractivity contribution is 5.25. The van der Waals surface area contributed by atoms with Gasteiger partial charge in [-0.15, -0.1) is 0 Å². The van der Waals surface area contributed by atoms with Crippen molar-refractivity contribution < 1.29 is 0 Å². The molecule has 1 aromatic carbocycles. The van der Waals surface area contributed by atoms with Gasteiger partial charge in [-0.05, 0) is 5.56 Å². The molecule has 0 radical (unpaired) electrons. The van der Waals surface area contributed by atoms with Crippen molar-refractivity contribution in [3.8, 4) is 0 Å². The normalized spacial score (nSPS) is 10.2. The van der Waals surface area contributed by atoms with Crippen LogP contribution < -0.4 is 5.73 Å². The van der Waals surface area contributed by atoms with Gasteiger partial charge in [-0.25, -0.2) is 4.98 Å². The minimum absolute atomic E-state index is 0.478. The number of aromatic amines is 1. The van der Waals surface area contributed by atoms with Gasteiger partial charge in [0.2, 0.25) is 0 Å². The molecule has 66 valence electrons. The van der Waals surface area contributed by atoms with Crippen LogP contribution in [0.15, 0.2) is 36.5 Å². The lowest BCUT2D eigenvalue weighted by atomic mass is 10.1. The third-order valence-corrected chi connectivity index (χ3v) is 1.89. The van der Waals surface area contributed by atoms with E-state index in [0.29, 0.717) is 5.95 Å². The van der Waals surface area contributed by atoms with E-state index in [1.165, 1.54) is 5.56 Å². The average Bonchev–Trinajstić information content (AvgIpc) is 2.53. The molecule has 3 N–H and O–H groups in total. The van der Waals surface area contributed by atoms with Crippen LogP contribution in [0.5, 0.6) is 0 Å². The van der Waals surface area contributed by atoms with Crippen molar-refractivity contribution in [1.29, 1.82) is 0 Å². The number of benzene rings is 1. The van der Waals surface area contributed by atoms with Gasteiger partial charge < -0.3 is 10.7 Å². The van der Waals surface area contributed by atoms with Crippen LogP contribution >= 0.6 is 0 Å². The molecule has 0 amide bonds. The molecular formula is C10H11N3. The minimum Gasteiger partial charge on any atom is -0.369 e. The number of hydrogen-bond acceptors (Lipinski definition) is 2. The van der Waals surface area contributed by atoms with Crippen molar-refractivity contribution in [3.63, 3.8) is 0 Å². The lowest BCUT2D eigenvalue weighted by Gasteiger charge is -1.96. The van der Waals surface area contributed by atoms with Gasteiger partial charge in [0, 0.05) is 12.1 Å². The Bertz CT molecular complexity index is 378. The van der Waals surface area contributed by atoms with Crippen LogP contribution in [0.25, 0.3) is 0 Å². The first-order valence-electron chi connectivity index (χ1n) is 4.18. The molecule has 0 fully saturated rings. The van der Waals surface area contributed by atoms with Gasteiger partial charge in [-0.3, -0.25) is 0 Å². The van der Waals surface area contributed by atoms with Gasteiger partial charge >= 0.3 is 0 Å². The molecule has 3 nitrogen and oxygen atoms in total. The first kappa shape index (κ1) is 7.86. The summed E-state index contributed by atoms with van der Waals surface area (Å²) in [5, 5.41) is 0. The summed E-state index contributed by atoms with van der Waals surface area (Å²) in [5.74, 6) is 0.478. The molecule has 0 aliphatic heterocycles. The van der Waals surface area contributed by atoms with Crippen LogP contribution in [0.2, 0.25) is 0 Å². The minimum atomic E-state index is 0.478. The van der Waals surface area contributed by atoms with Gasteiger partial charge in [0.25, 0.3) is 0 Å². The zero-order valence-corrected chi connectivity index (χ0v) is 7.20. The second kappa shape index (κ2) is 3.31. The summed E-state index contributed by atoms with van der Waals surface area (Å²) in [4.78, 5) is 6.93. The molecule has 13 heavy (non-hydrogen) atoms. The van der Waals surface area contributed by atoms with E-state index in [-0.39, 0.29) is 0 Å². The van der Waals surface area contributed by atoms with Gasteiger partial charge in [-0.2, -0.15) is 0 Å². The Labute approximate surface area is 76.6 Å². The van der Waals surface area contributed by atoms with Crippen LogP contribution in [0.4, 0.5) is 5.95 Å². The molecule has 2 aromatic rings. The first-order valence-corrected chi connectivity index (χ1v) is 4.18. The Morgan fingerprint density at radius 3 is 2.62 bits per heavy atom. The Kier molecular flexibility index (Phi) is 2.00. The van der Waals surface area contributed by atoms with E-state index < -0.39 is 0 Å². The van der Waals surface area contributed by atoms with E-state index in [2.05, 4.69) is 22.1 Å². The summed E-state index contributed by atoms with van der Waals surface area (Å²) in [6.45, 7) is 0. The molecule has 2 rings (SSSR count). The highest BCUT2D eigenvalue weighted by Gasteiger charge is 1.97. The predicted molar refractivity (Wildman–Crippen MR) is 52.2 cm³/mol. The number of nitrogens with zero attached hydrogens (tertiary/aromatic N) is 1. The lowest BCUT2D eigenvalue weighted by molar-refractivity contribution is 1.11. The van der Waals surface area contributed by atoms with E-state index in [9.17, 15) is 0 Å². The van der Waals surface area contributed by atoms with Crippen molar-refractivity contribution in [2.45, 2.75) is 6.42 Å². The van der Waals surface area contributed by atoms with Crippen molar-refractivity contribution in [2.24, 2.45) is 0 Å². The third-order valence-electron chi connectivity index (χ3n) is 1.89. The molecule has 0 atom stereocenters. The van der Waals surface area contributed by atoms with Crippen molar-refractivity contribution in [3.05, 3.63) is 47.8 Å². The van der Waals surface area contributed by atoms with Gasteiger partial charge in [0.05, 0.1) is 6.20 Å². The molecule has 1 heterocycles. The summed E-state index contributed by atoms with van der Waals surface area (Å²) < 4.78 is 0. The van der Waals surface area contributed by atoms with Crippen molar-refractivity contribution >= 4 is 5.95 Å². The second-order valence-electron chi connectivity index (χ2n) is 2.96. The van der Waals surface area contributed by atoms with E-state index in [0.717, 1.165) is 12.1 Å². The zero-order chi connectivity index (χ0) is 9.10. The van der Waals surface area contributed by atoms with Crippen molar-refractivity contribution in [2.75, 3.05) is 5.73 Å². The fourth-order valence-corrected chi connectivity index (χ4v) is 1.28. The van der Waals surface area contributed by atoms with Crippen LogP contribution in [-0.2, 0) is 6.42 Å². The molecule has 0 unspecified atom stereocenters. The van der Waals surface area contributed by atoms with E-state index >= 15 is 0 Å². The molecule has 0 aliphatic carbocycles. The average molecular weight is 173 g/mol. The number of H-pyrrole nitrogens is 1. The number of hydrogen-bond donors (Lipinski definition) is 2.